The van der Waals surface area contributed by atoms with Crippen LogP contribution >= 0.6 is 0 Å². The number of rotatable bonds is 5. The van der Waals surface area contributed by atoms with Crippen LogP contribution in [0, 0.1) is 0 Å². The summed E-state index contributed by atoms with van der Waals surface area (Å²) in [6.45, 7) is 2.15. The first-order valence-electron chi connectivity index (χ1n) is 8.43. The number of aliphatic hydroxyl groups excluding tert-OH is 1. The molecule has 1 spiro atoms. The predicted molar refractivity (Wildman–Crippen MR) is 83.7 cm³/mol. The molecule has 0 bridgehead atoms. The molecule has 1 aromatic heterocycles. The normalized spacial score (nSPS) is 24.0. The Morgan fingerprint density at radius 2 is 2.25 bits per heavy atom. The van der Waals surface area contributed by atoms with Crippen LogP contribution in [0.15, 0.2) is 6.20 Å². The number of carbonyl (C=O) groups is 2. The van der Waals surface area contributed by atoms with E-state index in [1.807, 2.05) is 0 Å². The first-order valence-corrected chi connectivity index (χ1v) is 8.43. The molecule has 1 saturated carbocycles. The van der Waals surface area contributed by atoms with Crippen molar-refractivity contribution >= 4 is 12.3 Å². The van der Waals surface area contributed by atoms with Gasteiger partial charge in [0.25, 0.3) is 0 Å². The van der Waals surface area contributed by atoms with E-state index >= 15 is 0 Å². The monoisotopic (exact) mass is 337 g/mol. The summed E-state index contributed by atoms with van der Waals surface area (Å²) >= 11 is 0. The maximum absolute atomic E-state index is 11.9. The molecule has 2 aliphatic rings. The molecule has 1 saturated heterocycles. The third kappa shape index (κ3) is 3.11. The molecular weight excluding hydrogens is 314 g/mol. The van der Waals surface area contributed by atoms with E-state index in [9.17, 15) is 14.7 Å². The zero-order chi connectivity index (χ0) is 17.2. The summed E-state index contributed by atoms with van der Waals surface area (Å²) in [6, 6.07) is 0. The molecule has 7 nitrogen and oxygen atoms in total. The van der Waals surface area contributed by atoms with Gasteiger partial charge in [0.1, 0.15) is 17.9 Å². The maximum atomic E-state index is 11.9. The second kappa shape index (κ2) is 7.04. The summed E-state index contributed by atoms with van der Waals surface area (Å²) in [7, 11) is 0. The van der Waals surface area contributed by atoms with E-state index in [0.717, 1.165) is 32.1 Å². The highest BCUT2D eigenvalue weighted by molar-refractivity contribution is 5.97. The number of aliphatic hydroxyl groups is 1. The Labute approximate surface area is 140 Å². The van der Waals surface area contributed by atoms with E-state index in [2.05, 4.69) is 4.98 Å². The molecule has 1 aliphatic carbocycles. The van der Waals surface area contributed by atoms with E-state index < -0.39 is 24.0 Å². The molecule has 0 unspecified atom stereocenters. The van der Waals surface area contributed by atoms with Gasteiger partial charge in [0.2, 0.25) is 0 Å². The fourth-order valence-corrected chi connectivity index (χ4v) is 3.48. The number of aromatic amines is 1. The van der Waals surface area contributed by atoms with Crippen LogP contribution in [0.4, 0.5) is 0 Å². The minimum Gasteiger partial charge on any atom is -0.461 e. The molecule has 3 rings (SSSR count). The average molecular weight is 337 g/mol. The second-order valence-corrected chi connectivity index (χ2v) is 6.25. The number of esters is 1. The highest BCUT2D eigenvalue weighted by atomic mass is 16.7. The Hall–Kier alpha value is -1.70. The number of H-pyrrole nitrogens is 1. The zero-order valence-corrected chi connectivity index (χ0v) is 13.7. The van der Waals surface area contributed by atoms with Crippen LogP contribution < -0.4 is 0 Å². The van der Waals surface area contributed by atoms with Gasteiger partial charge in [0, 0.05) is 24.6 Å². The van der Waals surface area contributed by atoms with E-state index in [1.54, 1.807) is 6.92 Å². The molecule has 2 fully saturated rings. The predicted octanol–water partition coefficient (Wildman–Crippen LogP) is 2.11. The van der Waals surface area contributed by atoms with Crippen LogP contribution in [0.1, 0.15) is 71.5 Å². The van der Waals surface area contributed by atoms with Crippen molar-refractivity contribution in [2.24, 2.45) is 0 Å². The van der Waals surface area contributed by atoms with Crippen LogP contribution in [0.25, 0.3) is 0 Å². The zero-order valence-electron chi connectivity index (χ0n) is 13.7. The first-order chi connectivity index (χ1) is 11.6. The van der Waals surface area contributed by atoms with Crippen molar-refractivity contribution in [1.82, 2.24) is 4.98 Å². The second-order valence-electron chi connectivity index (χ2n) is 6.25. The topological polar surface area (TPSA) is 97.9 Å². The lowest BCUT2D eigenvalue weighted by atomic mass is 9.94. The average Bonchev–Trinajstić information content (AvgIpc) is 3.19. The van der Waals surface area contributed by atoms with Gasteiger partial charge < -0.3 is 24.3 Å². The molecule has 1 aromatic rings. The van der Waals surface area contributed by atoms with E-state index in [4.69, 9.17) is 14.2 Å². The third-order valence-electron chi connectivity index (χ3n) is 4.71. The summed E-state index contributed by atoms with van der Waals surface area (Å²) in [6.07, 6.45) is 5.27. The SMILES string of the molecule is CCOC(=O)c1[nH]cc([C@H](O)[C@H]2COC3(CCCCC3)O2)c1C=O. The van der Waals surface area contributed by atoms with Crippen LogP contribution in [0.5, 0.6) is 0 Å². The van der Waals surface area contributed by atoms with Crippen molar-refractivity contribution in [3.05, 3.63) is 23.0 Å². The highest BCUT2D eigenvalue weighted by Gasteiger charge is 2.45. The number of nitrogens with one attached hydrogen (secondary N) is 1. The molecule has 0 amide bonds. The Kier molecular flexibility index (Phi) is 5.03. The van der Waals surface area contributed by atoms with Gasteiger partial charge in [0.15, 0.2) is 12.1 Å². The minimum absolute atomic E-state index is 0.0483. The van der Waals surface area contributed by atoms with Gasteiger partial charge in [-0.15, -0.1) is 0 Å². The van der Waals surface area contributed by atoms with Crippen LogP contribution in [0.3, 0.4) is 0 Å². The summed E-state index contributed by atoms with van der Waals surface area (Å²) in [5, 5.41) is 10.6. The molecule has 2 heterocycles. The van der Waals surface area contributed by atoms with Gasteiger partial charge in [0.05, 0.1) is 18.8 Å². The first kappa shape index (κ1) is 17.1. The molecule has 2 atom stereocenters. The number of ether oxygens (including phenoxy) is 3. The van der Waals surface area contributed by atoms with Crippen molar-refractivity contribution in [2.45, 2.75) is 57.0 Å². The van der Waals surface area contributed by atoms with Crippen molar-refractivity contribution < 1.29 is 28.9 Å². The summed E-state index contributed by atoms with van der Waals surface area (Å²) in [4.78, 5) is 26.0. The molecule has 0 aromatic carbocycles. The van der Waals surface area contributed by atoms with Crippen LogP contribution in [-0.4, -0.2) is 47.5 Å². The maximum Gasteiger partial charge on any atom is 0.355 e. The molecule has 0 radical (unpaired) electrons. The van der Waals surface area contributed by atoms with Gasteiger partial charge in [-0.3, -0.25) is 4.79 Å². The van der Waals surface area contributed by atoms with Gasteiger partial charge in [-0.25, -0.2) is 4.79 Å². The van der Waals surface area contributed by atoms with E-state index in [0.29, 0.717) is 11.8 Å². The van der Waals surface area contributed by atoms with Gasteiger partial charge in [-0.05, 0) is 19.8 Å². The van der Waals surface area contributed by atoms with Crippen molar-refractivity contribution in [3.63, 3.8) is 0 Å². The van der Waals surface area contributed by atoms with Crippen molar-refractivity contribution in [2.75, 3.05) is 13.2 Å². The Balaban J connectivity index is 1.77. The lowest BCUT2D eigenvalue weighted by Crippen LogP contribution is -2.34. The number of hydrogen-bond donors (Lipinski definition) is 2. The molecular formula is C17H23NO6. The minimum atomic E-state index is -1.05. The lowest BCUT2D eigenvalue weighted by molar-refractivity contribution is -0.196. The fraction of sp³-hybridized carbons (Fsp3) is 0.647. The highest BCUT2D eigenvalue weighted by Crippen LogP contribution is 2.41. The lowest BCUT2D eigenvalue weighted by Gasteiger charge is -2.32. The van der Waals surface area contributed by atoms with E-state index in [1.165, 1.54) is 6.20 Å². The summed E-state index contributed by atoms with van der Waals surface area (Å²) in [5.74, 6) is -1.23. The Morgan fingerprint density at radius 1 is 1.50 bits per heavy atom. The van der Waals surface area contributed by atoms with Crippen molar-refractivity contribution in [3.8, 4) is 0 Å². The quantitative estimate of drug-likeness (QED) is 0.631. The fourth-order valence-electron chi connectivity index (χ4n) is 3.48. The molecule has 1 aliphatic heterocycles. The number of hydrogen-bond acceptors (Lipinski definition) is 6. The standard InChI is InChI=1S/C17H23NO6/c1-2-22-16(21)14-12(9-19)11(8-18-14)15(20)13-10-23-17(24-13)6-4-3-5-7-17/h8-9,13,15,18,20H,2-7,10H2,1H3/t13-,15+/m1/s1. The summed E-state index contributed by atoms with van der Waals surface area (Å²) < 4.78 is 16.7. The summed E-state index contributed by atoms with van der Waals surface area (Å²) in [5.41, 5.74) is 0.482. The molecule has 132 valence electrons. The number of carbonyl (C=O) groups excluding carboxylic acids is 2. The molecule has 24 heavy (non-hydrogen) atoms. The molecule has 2 N–H and O–H groups in total. The number of aldehydes is 1. The van der Waals surface area contributed by atoms with Gasteiger partial charge >= 0.3 is 5.97 Å². The van der Waals surface area contributed by atoms with E-state index in [-0.39, 0.29) is 24.5 Å². The van der Waals surface area contributed by atoms with Crippen LogP contribution in [0.2, 0.25) is 0 Å². The smallest absolute Gasteiger partial charge is 0.355 e. The number of aromatic nitrogens is 1. The van der Waals surface area contributed by atoms with Crippen molar-refractivity contribution in [1.29, 1.82) is 0 Å². The van der Waals surface area contributed by atoms with Crippen LogP contribution in [-0.2, 0) is 14.2 Å². The Bertz CT molecular complexity index is 604. The third-order valence-corrected chi connectivity index (χ3v) is 4.71. The molecule has 7 heteroatoms. The Morgan fingerprint density at radius 3 is 2.92 bits per heavy atom. The van der Waals surface area contributed by atoms with Gasteiger partial charge in [-0.2, -0.15) is 0 Å². The van der Waals surface area contributed by atoms with Gasteiger partial charge in [-0.1, -0.05) is 6.42 Å². The largest absolute Gasteiger partial charge is 0.461 e.